The highest BCUT2D eigenvalue weighted by Gasteiger charge is 2.17. The first kappa shape index (κ1) is 13.2. The van der Waals surface area contributed by atoms with Crippen molar-refractivity contribution in [1.82, 2.24) is 0 Å². The van der Waals surface area contributed by atoms with E-state index in [1.165, 1.54) is 47.1 Å². The van der Waals surface area contributed by atoms with Gasteiger partial charge in [-0.25, -0.2) is 0 Å². The molecule has 1 aliphatic rings. The normalized spacial score (nSPS) is 15.3. The Hall–Kier alpha value is -0.790. The molecule has 0 saturated heterocycles. The first-order chi connectivity index (χ1) is 9.15. The van der Waals surface area contributed by atoms with Crippen LogP contribution in [-0.4, -0.2) is 0 Å². The molecular formula is C17H16BrCl. The van der Waals surface area contributed by atoms with Gasteiger partial charge in [0.25, 0.3) is 0 Å². The molecule has 98 valence electrons. The summed E-state index contributed by atoms with van der Waals surface area (Å²) in [6.07, 6.45) is 3.70. The molecule has 1 aliphatic carbocycles. The molecule has 3 rings (SSSR count). The molecule has 2 heteroatoms. The van der Waals surface area contributed by atoms with E-state index in [4.69, 9.17) is 11.6 Å². The van der Waals surface area contributed by atoms with Crippen molar-refractivity contribution in [3.63, 3.8) is 0 Å². The van der Waals surface area contributed by atoms with E-state index in [9.17, 15) is 0 Å². The summed E-state index contributed by atoms with van der Waals surface area (Å²) in [6, 6.07) is 13.0. The minimum absolute atomic E-state index is 0.0663. The van der Waals surface area contributed by atoms with E-state index in [1.807, 2.05) is 0 Å². The van der Waals surface area contributed by atoms with Crippen molar-refractivity contribution in [2.45, 2.75) is 31.6 Å². The Balaban J connectivity index is 1.99. The maximum atomic E-state index is 6.69. The van der Waals surface area contributed by atoms with E-state index in [-0.39, 0.29) is 5.38 Å². The van der Waals surface area contributed by atoms with Gasteiger partial charge in [-0.05, 0) is 66.1 Å². The van der Waals surface area contributed by atoms with Crippen LogP contribution in [0, 0.1) is 6.92 Å². The molecule has 0 fully saturated rings. The van der Waals surface area contributed by atoms with Crippen molar-refractivity contribution in [3.8, 4) is 0 Å². The van der Waals surface area contributed by atoms with Gasteiger partial charge in [-0.15, -0.1) is 11.6 Å². The lowest BCUT2D eigenvalue weighted by atomic mass is 9.97. The van der Waals surface area contributed by atoms with Gasteiger partial charge in [0.2, 0.25) is 0 Å². The summed E-state index contributed by atoms with van der Waals surface area (Å²) in [7, 11) is 0. The summed E-state index contributed by atoms with van der Waals surface area (Å²) in [5, 5.41) is -0.0663. The van der Waals surface area contributed by atoms with Gasteiger partial charge in [0, 0.05) is 4.47 Å². The third-order valence-electron chi connectivity index (χ3n) is 3.93. The second-order valence-corrected chi connectivity index (χ2v) is 6.60. The molecule has 0 radical (unpaired) electrons. The molecule has 0 saturated carbocycles. The highest BCUT2D eigenvalue weighted by molar-refractivity contribution is 9.10. The van der Waals surface area contributed by atoms with Crippen LogP contribution >= 0.6 is 27.5 Å². The third kappa shape index (κ3) is 2.59. The lowest BCUT2D eigenvalue weighted by molar-refractivity contribution is 0.911. The summed E-state index contributed by atoms with van der Waals surface area (Å²) >= 11 is 10.2. The van der Waals surface area contributed by atoms with Gasteiger partial charge < -0.3 is 0 Å². The molecule has 0 spiro atoms. The van der Waals surface area contributed by atoms with Crippen LogP contribution in [0.25, 0.3) is 0 Å². The molecule has 2 aromatic rings. The molecular weight excluding hydrogens is 320 g/mol. The number of benzene rings is 2. The maximum Gasteiger partial charge on any atom is 0.0838 e. The first-order valence-electron chi connectivity index (χ1n) is 6.67. The molecule has 0 bridgehead atoms. The molecule has 19 heavy (non-hydrogen) atoms. The van der Waals surface area contributed by atoms with Crippen LogP contribution in [0.15, 0.2) is 40.9 Å². The molecule has 1 atom stereocenters. The maximum absolute atomic E-state index is 6.69. The standard InChI is InChI=1S/C17H16BrCl/c1-11-5-8-15(18)10-16(11)17(19)14-7-6-12-3-2-4-13(12)9-14/h5-10,17H,2-4H2,1H3. The molecule has 0 amide bonds. The lowest BCUT2D eigenvalue weighted by Crippen LogP contribution is -1.98. The third-order valence-corrected chi connectivity index (χ3v) is 4.91. The van der Waals surface area contributed by atoms with Crippen LogP contribution in [0.2, 0.25) is 0 Å². The summed E-state index contributed by atoms with van der Waals surface area (Å²) < 4.78 is 1.08. The topological polar surface area (TPSA) is 0 Å². The van der Waals surface area contributed by atoms with Gasteiger partial charge in [-0.3, -0.25) is 0 Å². The van der Waals surface area contributed by atoms with E-state index in [1.54, 1.807) is 0 Å². The molecule has 0 N–H and O–H groups in total. The quantitative estimate of drug-likeness (QED) is 0.629. The smallest absolute Gasteiger partial charge is 0.0838 e. The van der Waals surface area contributed by atoms with Crippen LogP contribution in [0.5, 0.6) is 0 Å². The van der Waals surface area contributed by atoms with Gasteiger partial charge >= 0.3 is 0 Å². The minimum atomic E-state index is -0.0663. The molecule has 0 heterocycles. The number of fused-ring (bicyclic) bond motifs is 1. The van der Waals surface area contributed by atoms with Crippen LogP contribution in [0.3, 0.4) is 0 Å². The number of rotatable bonds is 2. The number of halogens is 2. The Labute approximate surface area is 127 Å². The van der Waals surface area contributed by atoms with Crippen molar-refractivity contribution in [3.05, 3.63) is 68.7 Å². The van der Waals surface area contributed by atoms with Crippen LogP contribution in [0.4, 0.5) is 0 Å². The molecule has 0 aliphatic heterocycles. The zero-order chi connectivity index (χ0) is 13.4. The van der Waals surface area contributed by atoms with Crippen LogP contribution < -0.4 is 0 Å². The summed E-state index contributed by atoms with van der Waals surface area (Å²) in [4.78, 5) is 0. The Morgan fingerprint density at radius 1 is 1.05 bits per heavy atom. The summed E-state index contributed by atoms with van der Waals surface area (Å²) in [5.74, 6) is 0. The Kier molecular flexibility index (Phi) is 3.68. The van der Waals surface area contributed by atoms with E-state index in [0.717, 1.165) is 4.47 Å². The number of hydrogen-bond acceptors (Lipinski definition) is 0. The predicted octanol–water partition coefficient (Wildman–Crippen LogP) is 5.57. The van der Waals surface area contributed by atoms with E-state index >= 15 is 0 Å². The van der Waals surface area contributed by atoms with Crippen LogP contribution in [0.1, 0.15) is 39.6 Å². The fraction of sp³-hybridized carbons (Fsp3) is 0.294. The molecule has 2 aromatic carbocycles. The number of alkyl halides is 1. The van der Waals surface area contributed by atoms with Crippen molar-refractivity contribution < 1.29 is 0 Å². The predicted molar refractivity (Wildman–Crippen MR) is 85.0 cm³/mol. The van der Waals surface area contributed by atoms with Crippen molar-refractivity contribution in [1.29, 1.82) is 0 Å². The average Bonchev–Trinajstić information content (AvgIpc) is 2.88. The zero-order valence-electron chi connectivity index (χ0n) is 10.9. The fourth-order valence-electron chi connectivity index (χ4n) is 2.81. The summed E-state index contributed by atoms with van der Waals surface area (Å²) in [6.45, 7) is 2.12. The van der Waals surface area contributed by atoms with Crippen molar-refractivity contribution in [2.75, 3.05) is 0 Å². The van der Waals surface area contributed by atoms with E-state index in [0.29, 0.717) is 0 Å². The lowest BCUT2D eigenvalue weighted by Gasteiger charge is -2.15. The van der Waals surface area contributed by atoms with Gasteiger partial charge in [0.05, 0.1) is 5.38 Å². The molecule has 0 nitrogen and oxygen atoms in total. The van der Waals surface area contributed by atoms with Crippen molar-refractivity contribution >= 4 is 27.5 Å². The highest BCUT2D eigenvalue weighted by atomic mass is 79.9. The van der Waals surface area contributed by atoms with Crippen LogP contribution in [-0.2, 0) is 12.8 Å². The van der Waals surface area contributed by atoms with Crippen molar-refractivity contribution in [2.24, 2.45) is 0 Å². The number of hydrogen-bond donors (Lipinski definition) is 0. The largest absolute Gasteiger partial charge is 0.113 e. The Morgan fingerprint density at radius 2 is 1.84 bits per heavy atom. The zero-order valence-corrected chi connectivity index (χ0v) is 13.3. The number of aryl methyl sites for hydroxylation is 3. The summed E-state index contributed by atoms with van der Waals surface area (Å²) in [5.41, 5.74) is 6.62. The molecule has 1 unspecified atom stereocenters. The second kappa shape index (κ2) is 5.30. The van der Waals surface area contributed by atoms with Gasteiger partial charge in [0.15, 0.2) is 0 Å². The minimum Gasteiger partial charge on any atom is -0.113 e. The second-order valence-electron chi connectivity index (χ2n) is 5.25. The van der Waals surface area contributed by atoms with E-state index in [2.05, 4.69) is 59.3 Å². The molecule has 0 aromatic heterocycles. The average molecular weight is 336 g/mol. The first-order valence-corrected chi connectivity index (χ1v) is 7.90. The van der Waals surface area contributed by atoms with E-state index < -0.39 is 0 Å². The Morgan fingerprint density at radius 3 is 2.68 bits per heavy atom. The van der Waals surface area contributed by atoms with Gasteiger partial charge in [-0.1, -0.05) is 40.2 Å². The monoisotopic (exact) mass is 334 g/mol. The fourth-order valence-corrected chi connectivity index (χ4v) is 3.56. The highest BCUT2D eigenvalue weighted by Crippen LogP contribution is 2.35. The Bertz CT molecular complexity index is 619. The van der Waals surface area contributed by atoms with Gasteiger partial charge in [-0.2, -0.15) is 0 Å². The SMILES string of the molecule is Cc1ccc(Br)cc1C(Cl)c1ccc2c(c1)CCC2. The van der Waals surface area contributed by atoms with Gasteiger partial charge in [0.1, 0.15) is 0 Å².